The van der Waals surface area contributed by atoms with Gasteiger partial charge in [-0.3, -0.25) is 0 Å². The fourth-order valence-corrected chi connectivity index (χ4v) is 4.06. The zero-order valence-corrected chi connectivity index (χ0v) is 13.8. The Labute approximate surface area is 132 Å². The lowest BCUT2D eigenvalue weighted by Crippen LogP contribution is -2.21. The van der Waals surface area contributed by atoms with E-state index in [2.05, 4.69) is 5.32 Å². The topological polar surface area (TPSA) is 46.2 Å². The van der Waals surface area contributed by atoms with Crippen LogP contribution in [0.2, 0.25) is 0 Å². The second-order valence-corrected chi connectivity index (χ2v) is 8.32. The molecule has 0 aliphatic heterocycles. The van der Waals surface area contributed by atoms with Crippen molar-refractivity contribution >= 4 is 26.9 Å². The number of thiophene rings is 1. The average molecular weight is 345 g/mol. The number of alkyl halides is 2. The summed E-state index contributed by atoms with van der Waals surface area (Å²) in [5.74, 6) is -3.43. The molecule has 0 fully saturated rings. The number of anilines is 1. The number of halogens is 2. The van der Waals surface area contributed by atoms with Crippen molar-refractivity contribution in [2.45, 2.75) is 37.0 Å². The quantitative estimate of drug-likeness (QED) is 0.857. The number of sulfone groups is 1. The van der Waals surface area contributed by atoms with Gasteiger partial charge in [0.1, 0.15) is 0 Å². The van der Waals surface area contributed by atoms with E-state index in [1.807, 2.05) is 26.0 Å². The minimum Gasteiger partial charge on any atom is -0.381 e. The van der Waals surface area contributed by atoms with Crippen molar-refractivity contribution in [2.24, 2.45) is 0 Å². The van der Waals surface area contributed by atoms with Crippen LogP contribution in [0.4, 0.5) is 14.5 Å². The molecule has 0 spiro atoms. The highest BCUT2D eigenvalue weighted by molar-refractivity contribution is 7.91. The summed E-state index contributed by atoms with van der Waals surface area (Å²) in [6, 6.07) is 9.72. The fourth-order valence-electron chi connectivity index (χ4n) is 2.14. The highest BCUT2D eigenvalue weighted by Gasteiger charge is 2.29. The highest BCUT2D eigenvalue weighted by atomic mass is 32.2. The first-order valence-electron chi connectivity index (χ1n) is 6.73. The van der Waals surface area contributed by atoms with Gasteiger partial charge in [0.15, 0.2) is 0 Å². The maximum Gasteiger partial charge on any atom is 0.341 e. The Morgan fingerprint density at radius 3 is 2.45 bits per heavy atom. The number of nitrogens with one attached hydrogen (secondary N) is 1. The van der Waals surface area contributed by atoms with E-state index in [-0.39, 0.29) is 16.6 Å². The highest BCUT2D eigenvalue weighted by Crippen LogP contribution is 2.27. The molecular formula is C15H17F2NO2S2. The molecule has 0 saturated heterocycles. The Morgan fingerprint density at radius 1 is 1.18 bits per heavy atom. The predicted octanol–water partition coefficient (Wildman–Crippen LogP) is 4.10. The molecule has 1 unspecified atom stereocenters. The monoisotopic (exact) mass is 345 g/mol. The Hall–Kier alpha value is -1.47. The molecule has 2 rings (SSSR count). The molecular weight excluding hydrogens is 328 g/mol. The Morgan fingerprint density at radius 2 is 1.86 bits per heavy atom. The number of hydrogen-bond donors (Lipinski definition) is 1. The molecule has 7 heteroatoms. The predicted molar refractivity (Wildman–Crippen MR) is 85.5 cm³/mol. The second kappa shape index (κ2) is 6.75. The summed E-state index contributed by atoms with van der Waals surface area (Å²) >= 11 is 1.66. The summed E-state index contributed by atoms with van der Waals surface area (Å²) in [7, 11) is -4.62. The molecule has 0 aliphatic carbocycles. The van der Waals surface area contributed by atoms with Gasteiger partial charge in [-0.2, -0.15) is 8.78 Å². The summed E-state index contributed by atoms with van der Waals surface area (Å²) in [6.45, 7) is 3.90. The van der Waals surface area contributed by atoms with Crippen molar-refractivity contribution in [1.82, 2.24) is 0 Å². The van der Waals surface area contributed by atoms with Crippen LogP contribution in [-0.2, 0) is 16.3 Å². The van der Waals surface area contributed by atoms with Crippen molar-refractivity contribution in [3.63, 3.8) is 0 Å². The zero-order chi connectivity index (χ0) is 16.3. The third-order valence-corrected chi connectivity index (χ3v) is 5.59. The van der Waals surface area contributed by atoms with E-state index in [1.165, 1.54) is 23.1 Å². The van der Waals surface area contributed by atoms with Gasteiger partial charge < -0.3 is 5.32 Å². The van der Waals surface area contributed by atoms with E-state index < -0.39 is 15.6 Å². The summed E-state index contributed by atoms with van der Waals surface area (Å²) in [4.78, 5) is 1.99. The molecule has 1 heterocycles. The molecule has 0 bridgehead atoms. The number of hydrogen-bond acceptors (Lipinski definition) is 4. The van der Waals surface area contributed by atoms with Crippen molar-refractivity contribution in [3.05, 3.63) is 46.2 Å². The van der Waals surface area contributed by atoms with Crippen LogP contribution in [0.3, 0.4) is 0 Å². The van der Waals surface area contributed by atoms with Crippen molar-refractivity contribution < 1.29 is 17.2 Å². The van der Waals surface area contributed by atoms with Crippen molar-refractivity contribution in [3.8, 4) is 0 Å². The minimum absolute atomic E-state index is 0.0768. The van der Waals surface area contributed by atoms with Gasteiger partial charge in [-0.05, 0) is 38.1 Å². The minimum atomic E-state index is -4.62. The van der Waals surface area contributed by atoms with Crippen LogP contribution < -0.4 is 5.32 Å². The largest absolute Gasteiger partial charge is 0.381 e. The summed E-state index contributed by atoms with van der Waals surface area (Å²) in [5, 5.41) is 3.02. The normalized spacial score (nSPS) is 13.3. The number of aryl methyl sites for hydroxylation is 1. The fraction of sp³-hybridized carbons (Fsp3) is 0.333. The standard InChI is InChI=1S/C15H17F2NO2S2/c1-10(9-12-8-7-11(2)21-12)18-13-5-3-4-6-14(13)22(19,20)15(16)17/h3-8,10,15,18H,9H2,1-2H3. The van der Waals surface area contributed by atoms with Crippen LogP contribution in [0, 0.1) is 6.92 Å². The van der Waals surface area contributed by atoms with Gasteiger partial charge >= 0.3 is 5.76 Å². The number of para-hydroxylation sites is 1. The van der Waals surface area contributed by atoms with E-state index >= 15 is 0 Å². The summed E-state index contributed by atoms with van der Waals surface area (Å²) in [5.41, 5.74) is 0.212. The van der Waals surface area contributed by atoms with Gasteiger partial charge in [-0.15, -0.1) is 11.3 Å². The first kappa shape index (κ1) is 16.9. The van der Waals surface area contributed by atoms with Crippen molar-refractivity contribution in [1.29, 1.82) is 0 Å². The second-order valence-electron chi connectivity index (χ2n) is 5.06. The molecule has 1 atom stereocenters. The van der Waals surface area contributed by atoms with Crippen LogP contribution in [0.5, 0.6) is 0 Å². The van der Waals surface area contributed by atoms with Gasteiger partial charge in [0, 0.05) is 22.2 Å². The maximum absolute atomic E-state index is 12.8. The van der Waals surface area contributed by atoms with E-state index in [0.717, 1.165) is 4.88 Å². The molecule has 22 heavy (non-hydrogen) atoms. The van der Waals surface area contributed by atoms with Gasteiger partial charge in [-0.1, -0.05) is 12.1 Å². The smallest absolute Gasteiger partial charge is 0.341 e. The Balaban J connectivity index is 2.19. The van der Waals surface area contributed by atoms with Crippen LogP contribution in [0.25, 0.3) is 0 Å². The van der Waals surface area contributed by atoms with Crippen LogP contribution in [0.1, 0.15) is 16.7 Å². The number of benzene rings is 1. The third-order valence-electron chi connectivity index (χ3n) is 3.13. The molecule has 0 saturated carbocycles. The first-order valence-corrected chi connectivity index (χ1v) is 9.10. The van der Waals surface area contributed by atoms with Crippen molar-refractivity contribution in [2.75, 3.05) is 5.32 Å². The van der Waals surface area contributed by atoms with E-state index in [1.54, 1.807) is 17.4 Å². The molecule has 0 aliphatic rings. The summed E-state index contributed by atoms with van der Waals surface area (Å²) in [6.07, 6.45) is 0.696. The zero-order valence-electron chi connectivity index (χ0n) is 12.2. The molecule has 1 N–H and O–H groups in total. The van der Waals surface area contributed by atoms with Crippen LogP contribution in [0.15, 0.2) is 41.3 Å². The van der Waals surface area contributed by atoms with Crippen LogP contribution in [-0.4, -0.2) is 20.2 Å². The van der Waals surface area contributed by atoms with Crippen LogP contribution >= 0.6 is 11.3 Å². The number of rotatable bonds is 6. The third kappa shape index (κ3) is 3.84. The lowest BCUT2D eigenvalue weighted by atomic mass is 10.2. The van der Waals surface area contributed by atoms with E-state index in [0.29, 0.717) is 6.42 Å². The average Bonchev–Trinajstić information content (AvgIpc) is 2.84. The van der Waals surface area contributed by atoms with E-state index in [9.17, 15) is 17.2 Å². The molecule has 0 amide bonds. The molecule has 2 aromatic rings. The molecule has 1 aromatic heterocycles. The molecule has 0 radical (unpaired) electrons. The van der Waals surface area contributed by atoms with Gasteiger partial charge in [-0.25, -0.2) is 8.42 Å². The van der Waals surface area contributed by atoms with Gasteiger partial charge in [0.2, 0.25) is 9.84 Å². The maximum atomic E-state index is 12.8. The Bertz CT molecular complexity index is 742. The molecule has 3 nitrogen and oxygen atoms in total. The Kier molecular flexibility index (Phi) is 5.18. The first-order chi connectivity index (χ1) is 10.3. The van der Waals surface area contributed by atoms with Gasteiger partial charge in [0.05, 0.1) is 10.6 Å². The lowest BCUT2D eigenvalue weighted by Gasteiger charge is -2.17. The SMILES string of the molecule is Cc1ccc(CC(C)Nc2ccccc2S(=O)(=O)C(F)F)s1. The van der Waals surface area contributed by atoms with E-state index in [4.69, 9.17) is 0 Å². The van der Waals surface area contributed by atoms with Gasteiger partial charge in [0.25, 0.3) is 0 Å². The molecule has 1 aromatic carbocycles. The lowest BCUT2D eigenvalue weighted by molar-refractivity contribution is 0.235. The summed E-state index contributed by atoms with van der Waals surface area (Å²) < 4.78 is 48.9. The molecule has 120 valence electrons.